The Morgan fingerprint density at radius 3 is 2.62 bits per heavy atom. The summed E-state index contributed by atoms with van der Waals surface area (Å²) in [7, 11) is 1.45. The summed E-state index contributed by atoms with van der Waals surface area (Å²) in [5.41, 5.74) is 6.07. The molecule has 1 unspecified atom stereocenters. The van der Waals surface area contributed by atoms with E-state index in [2.05, 4.69) is 10.3 Å². The fourth-order valence-electron chi connectivity index (χ4n) is 1.89. The summed E-state index contributed by atoms with van der Waals surface area (Å²) in [6.45, 7) is 0.299. The number of hydrogen-bond donors (Lipinski definition) is 2. The summed E-state index contributed by atoms with van der Waals surface area (Å²) in [5, 5.41) is 4.94. The Morgan fingerprint density at radius 1 is 1.38 bits per heavy atom. The molecule has 1 amide bonds. The Morgan fingerprint density at radius 2 is 2.04 bits per heavy atom. The predicted octanol–water partition coefficient (Wildman–Crippen LogP) is 2.42. The number of amides is 1. The second-order valence-electron chi connectivity index (χ2n) is 5.00. The molecular weight excluding hydrogens is 343 g/mol. The number of carbonyl (C=O) groups excluding carboxylic acids is 1. The van der Waals surface area contributed by atoms with E-state index in [1.54, 1.807) is 5.38 Å². The van der Waals surface area contributed by atoms with Crippen molar-refractivity contribution < 1.29 is 22.7 Å². The molecule has 0 fully saturated rings. The van der Waals surface area contributed by atoms with Crippen molar-refractivity contribution in [3.05, 3.63) is 40.9 Å². The molecule has 0 aliphatic carbocycles. The number of nitrogens with zero attached hydrogens (tertiary/aromatic N) is 1. The van der Waals surface area contributed by atoms with Crippen LogP contribution >= 0.6 is 11.3 Å². The molecule has 1 aromatic carbocycles. The van der Waals surface area contributed by atoms with Crippen LogP contribution in [0.5, 0.6) is 0 Å². The number of nitrogens with two attached hydrogens (primary N) is 1. The highest BCUT2D eigenvalue weighted by Gasteiger charge is 2.30. The normalized spacial score (nSPS) is 12.9. The van der Waals surface area contributed by atoms with Crippen molar-refractivity contribution in [2.24, 2.45) is 5.73 Å². The fourth-order valence-corrected chi connectivity index (χ4v) is 2.71. The number of halogens is 3. The molecule has 0 radical (unpaired) electrons. The summed E-state index contributed by atoms with van der Waals surface area (Å²) in [5.74, 6) is -0.360. The largest absolute Gasteiger partial charge is 0.416 e. The minimum atomic E-state index is -4.36. The minimum absolute atomic E-state index is 0.111. The quantitative estimate of drug-likeness (QED) is 0.830. The first kappa shape index (κ1) is 18.4. The summed E-state index contributed by atoms with van der Waals surface area (Å²) < 4.78 is 42.4. The van der Waals surface area contributed by atoms with E-state index < -0.39 is 17.8 Å². The van der Waals surface area contributed by atoms with Crippen LogP contribution in [0.2, 0.25) is 0 Å². The van der Waals surface area contributed by atoms with Gasteiger partial charge in [0.05, 0.1) is 24.4 Å². The number of ether oxygens (including phenoxy) is 1. The van der Waals surface area contributed by atoms with Crippen molar-refractivity contribution in [2.45, 2.75) is 18.8 Å². The second-order valence-corrected chi connectivity index (χ2v) is 5.86. The third-order valence-electron chi connectivity index (χ3n) is 3.14. The molecule has 1 aromatic heterocycles. The van der Waals surface area contributed by atoms with E-state index in [0.29, 0.717) is 16.3 Å². The van der Waals surface area contributed by atoms with Crippen LogP contribution in [0.3, 0.4) is 0 Å². The van der Waals surface area contributed by atoms with Crippen LogP contribution in [0.15, 0.2) is 29.6 Å². The molecule has 0 spiro atoms. The molecule has 1 atom stereocenters. The van der Waals surface area contributed by atoms with Crippen LogP contribution in [0.4, 0.5) is 13.2 Å². The highest BCUT2D eigenvalue weighted by molar-refractivity contribution is 7.13. The summed E-state index contributed by atoms with van der Waals surface area (Å²) in [6, 6.07) is 4.02. The lowest BCUT2D eigenvalue weighted by molar-refractivity contribution is -0.137. The molecule has 130 valence electrons. The first-order valence-electron chi connectivity index (χ1n) is 6.95. The number of hydrogen-bond acceptors (Lipinski definition) is 5. The zero-order chi connectivity index (χ0) is 17.7. The lowest BCUT2D eigenvalue weighted by Crippen LogP contribution is -2.43. The Labute approximate surface area is 140 Å². The van der Waals surface area contributed by atoms with E-state index in [1.807, 2.05) is 0 Å². The van der Waals surface area contributed by atoms with Gasteiger partial charge in [-0.3, -0.25) is 4.79 Å². The first-order valence-corrected chi connectivity index (χ1v) is 7.83. The van der Waals surface area contributed by atoms with Gasteiger partial charge in [0.1, 0.15) is 11.0 Å². The van der Waals surface area contributed by atoms with Crippen molar-refractivity contribution in [3.8, 4) is 10.6 Å². The Bertz CT molecular complexity index is 686. The predicted molar refractivity (Wildman–Crippen MR) is 84.3 cm³/mol. The third kappa shape index (κ3) is 4.76. The van der Waals surface area contributed by atoms with Gasteiger partial charge in [0, 0.05) is 18.1 Å². The molecule has 2 rings (SSSR count). The number of benzene rings is 1. The van der Waals surface area contributed by atoms with Crippen molar-refractivity contribution in [3.63, 3.8) is 0 Å². The van der Waals surface area contributed by atoms with Crippen LogP contribution in [-0.2, 0) is 22.3 Å². The van der Waals surface area contributed by atoms with Crippen LogP contribution in [0.25, 0.3) is 10.6 Å². The molecule has 24 heavy (non-hydrogen) atoms. The molecule has 3 N–H and O–H groups in total. The van der Waals surface area contributed by atoms with Gasteiger partial charge < -0.3 is 15.8 Å². The average Bonchev–Trinajstić information content (AvgIpc) is 3.01. The van der Waals surface area contributed by atoms with Crippen molar-refractivity contribution in [1.82, 2.24) is 10.3 Å². The standard InChI is InChI=1S/C15H16F3N3O2S/c1-23-7-12(19)13(22)20-6-11-8-24-14(21-11)9-2-4-10(5-3-9)15(16,17)18/h2-5,8,12H,6-7,19H2,1H3,(H,20,22). The van der Waals surface area contributed by atoms with Gasteiger partial charge >= 0.3 is 6.18 Å². The van der Waals surface area contributed by atoms with Crippen molar-refractivity contribution in [2.75, 3.05) is 13.7 Å². The van der Waals surface area contributed by atoms with E-state index in [1.165, 1.54) is 30.6 Å². The van der Waals surface area contributed by atoms with Gasteiger partial charge in [0.25, 0.3) is 0 Å². The van der Waals surface area contributed by atoms with Crippen LogP contribution < -0.4 is 11.1 Å². The molecule has 0 saturated heterocycles. The van der Waals surface area contributed by atoms with Gasteiger partial charge in [-0.25, -0.2) is 4.98 Å². The number of nitrogens with one attached hydrogen (secondary N) is 1. The number of thiazole rings is 1. The topological polar surface area (TPSA) is 77.2 Å². The number of carbonyl (C=O) groups is 1. The summed E-state index contributed by atoms with van der Waals surface area (Å²) in [6.07, 6.45) is -4.36. The van der Waals surface area contributed by atoms with Crippen molar-refractivity contribution in [1.29, 1.82) is 0 Å². The summed E-state index contributed by atoms with van der Waals surface area (Å²) >= 11 is 1.29. The molecule has 0 aliphatic heterocycles. The van der Waals surface area contributed by atoms with Gasteiger partial charge in [-0.2, -0.15) is 13.2 Å². The van der Waals surface area contributed by atoms with E-state index in [0.717, 1.165) is 12.1 Å². The molecule has 2 aromatic rings. The van der Waals surface area contributed by atoms with E-state index in [4.69, 9.17) is 10.5 Å². The minimum Gasteiger partial charge on any atom is -0.383 e. The number of alkyl halides is 3. The third-order valence-corrected chi connectivity index (χ3v) is 4.08. The van der Waals surface area contributed by atoms with E-state index >= 15 is 0 Å². The lowest BCUT2D eigenvalue weighted by Gasteiger charge is -2.10. The molecule has 5 nitrogen and oxygen atoms in total. The molecule has 0 saturated carbocycles. The van der Waals surface area contributed by atoms with Crippen molar-refractivity contribution >= 4 is 17.2 Å². The maximum atomic E-state index is 12.5. The zero-order valence-electron chi connectivity index (χ0n) is 12.8. The maximum Gasteiger partial charge on any atom is 0.416 e. The Kier molecular flexibility index (Phi) is 5.92. The maximum absolute atomic E-state index is 12.5. The Hall–Kier alpha value is -1.97. The van der Waals surface area contributed by atoms with Crippen LogP contribution in [0.1, 0.15) is 11.3 Å². The molecule has 0 aliphatic rings. The molecule has 9 heteroatoms. The van der Waals surface area contributed by atoms with E-state index in [-0.39, 0.29) is 19.1 Å². The lowest BCUT2D eigenvalue weighted by atomic mass is 10.1. The van der Waals surface area contributed by atoms with Gasteiger partial charge in [-0.05, 0) is 12.1 Å². The highest BCUT2D eigenvalue weighted by atomic mass is 32.1. The summed E-state index contributed by atoms with van der Waals surface area (Å²) in [4.78, 5) is 16.0. The average molecular weight is 359 g/mol. The Balaban J connectivity index is 1.99. The van der Waals surface area contributed by atoms with Crippen LogP contribution in [0, 0.1) is 0 Å². The van der Waals surface area contributed by atoms with Gasteiger partial charge in [-0.15, -0.1) is 11.3 Å². The number of aromatic nitrogens is 1. The monoisotopic (exact) mass is 359 g/mol. The fraction of sp³-hybridized carbons (Fsp3) is 0.333. The molecular formula is C15H16F3N3O2S. The van der Waals surface area contributed by atoms with Gasteiger partial charge in [0.15, 0.2) is 0 Å². The second kappa shape index (κ2) is 7.73. The molecule has 0 bridgehead atoms. The zero-order valence-corrected chi connectivity index (χ0v) is 13.6. The smallest absolute Gasteiger partial charge is 0.383 e. The SMILES string of the molecule is COCC(N)C(=O)NCc1csc(-c2ccc(C(F)(F)F)cc2)n1. The van der Waals surface area contributed by atoms with Gasteiger partial charge in [0.2, 0.25) is 5.91 Å². The van der Waals surface area contributed by atoms with Crippen LogP contribution in [-0.4, -0.2) is 30.6 Å². The molecule has 1 heterocycles. The number of rotatable bonds is 6. The van der Waals surface area contributed by atoms with Gasteiger partial charge in [-0.1, -0.05) is 12.1 Å². The van der Waals surface area contributed by atoms with E-state index in [9.17, 15) is 18.0 Å². The highest BCUT2D eigenvalue weighted by Crippen LogP contribution is 2.31. The first-order chi connectivity index (χ1) is 11.3. The number of methoxy groups -OCH3 is 1.